The van der Waals surface area contributed by atoms with Crippen molar-refractivity contribution in [2.24, 2.45) is 0 Å². The number of carboxylic acids is 1. The Balaban J connectivity index is 1.65. The van der Waals surface area contributed by atoms with Crippen LogP contribution in [-0.4, -0.2) is 17.0 Å². The predicted octanol–water partition coefficient (Wildman–Crippen LogP) is 3.26. The Morgan fingerprint density at radius 1 is 1.09 bits per heavy atom. The highest BCUT2D eigenvalue weighted by Crippen LogP contribution is 2.22. The average Bonchev–Trinajstić information content (AvgIpc) is 3.01. The van der Waals surface area contributed by atoms with Gasteiger partial charge in [0.1, 0.15) is 4.88 Å². The maximum Gasteiger partial charge on any atom is 0.345 e. The SMILES string of the molecule is O=C(NCc1ccc(C(=O)O)s1)c1ccc2c(c1)CCCC2. The number of hydrogen-bond donors (Lipinski definition) is 2. The molecule has 2 aromatic rings. The maximum absolute atomic E-state index is 12.2. The molecule has 0 bridgehead atoms. The summed E-state index contributed by atoms with van der Waals surface area (Å²) in [5.41, 5.74) is 3.31. The molecule has 3 rings (SSSR count). The molecule has 1 heterocycles. The van der Waals surface area contributed by atoms with Gasteiger partial charge in [0.2, 0.25) is 0 Å². The minimum atomic E-state index is -0.933. The van der Waals surface area contributed by atoms with Crippen LogP contribution in [0.15, 0.2) is 30.3 Å². The van der Waals surface area contributed by atoms with E-state index in [0.717, 1.165) is 17.7 Å². The molecule has 1 aliphatic carbocycles. The molecule has 0 atom stereocenters. The zero-order valence-corrected chi connectivity index (χ0v) is 12.9. The summed E-state index contributed by atoms with van der Waals surface area (Å²) in [5, 5.41) is 11.7. The standard InChI is InChI=1S/C17H17NO3S/c19-16(18-10-14-7-8-15(22-14)17(20)21)13-6-5-11-3-1-2-4-12(11)9-13/h5-9H,1-4,10H2,(H,18,19)(H,20,21). The lowest BCUT2D eigenvalue weighted by atomic mass is 9.90. The fourth-order valence-corrected chi connectivity index (χ4v) is 3.52. The molecule has 0 saturated heterocycles. The number of rotatable bonds is 4. The number of aromatic carboxylic acids is 1. The lowest BCUT2D eigenvalue weighted by Gasteiger charge is -2.16. The highest BCUT2D eigenvalue weighted by atomic mass is 32.1. The Labute approximate surface area is 132 Å². The van der Waals surface area contributed by atoms with Gasteiger partial charge in [-0.15, -0.1) is 11.3 Å². The smallest absolute Gasteiger partial charge is 0.345 e. The van der Waals surface area contributed by atoms with Crippen LogP contribution in [0.1, 0.15) is 48.9 Å². The molecule has 0 unspecified atom stereocenters. The van der Waals surface area contributed by atoms with E-state index < -0.39 is 5.97 Å². The van der Waals surface area contributed by atoms with E-state index in [1.807, 2.05) is 12.1 Å². The van der Waals surface area contributed by atoms with E-state index in [1.54, 1.807) is 12.1 Å². The van der Waals surface area contributed by atoms with Crippen LogP contribution >= 0.6 is 11.3 Å². The van der Waals surface area contributed by atoms with Crippen molar-refractivity contribution in [2.75, 3.05) is 0 Å². The number of benzene rings is 1. The summed E-state index contributed by atoms with van der Waals surface area (Å²) in [6.45, 7) is 0.355. The van der Waals surface area contributed by atoms with Crippen LogP contribution in [0, 0.1) is 0 Å². The van der Waals surface area contributed by atoms with Gasteiger partial charge >= 0.3 is 5.97 Å². The topological polar surface area (TPSA) is 66.4 Å². The van der Waals surface area contributed by atoms with E-state index in [2.05, 4.69) is 11.4 Å². The quantitative estimate of drug-likeness (QED) is 0.910. The normalized spacial score (nSPS) is 13.5. The Kier molecular flexibility index (Phi) is 4.24. The van der Waals surface area contributed by atoms with Crippen LogP contribution in [0.2, 0.25) is 0 Å². The number of thiophene rings is 1. The summed E-state index contributed by atoms with van der Waals surface area (Å²) >= 11 is 1.19. The van der Waals surface area contributed by atoms with E-state index in [9.17, 15) is 9.59 Å². The van der Waals surface area contributed by atoms with Gasteiger partial charge in [0.15, 0.2) is 0 Å². The van der Waals surface area contributed by atoms with Crippen LogP contribution in [0.4, 0.5) is 0 Å². The number of fused-ring (bicyclic) bond motifs is 1. The van der Waals surface area contributed by atoms with Crippen LogP contribution in [-0.2, 0) is 19.4 Å². The van der Waals surface area contributed by atoms with Gasteiger partial charge in [-0.05, 0) is 61.1 Å². The van der Waals surface area contributed by atoms with E-state index in [-0.39, 0.29) is 10.8 Å². The van der Waals surface area contributed by atoms with Gasteiger partial charge in [-0.1, -0.05) is 6.07 Å². The van der Waals surface area contributed by atoms with Crippen molar-refractivity contribution in [1.29, 1.82) is 0 Å². The summed E-state index contributed by atoms with van der Waals surface area (Å²) < 4.78 is 0. The number of hydrogen-bond acceptors (Lipinski definition) is 3. The zero-order chi connectivity index (χ0) is 15.5. The number of carboxylic acid groups (broad SMARTS) is 1. The lowest BCUT2D eigenvalue weighted by molar-refractivity contribution is 0.0702. The van der Waals surface area contributed by atoms with Gasteiger partial charge in [0, 0.05) is 10.4 Å². The van der Waals surface area contributed by atoms with Gasteiger partial charge in [-0.3, -0.25) is 4.79 Å². The number of amides is 1. The highest BCUT2D eigenvalue weighted by Gasteiger charge is 2.13. The van der Waals surface area contributed by atoms with Crippen molar-refractivity contribution >= 4 is 23.2 Å². The first-order valence-electron chi connectivity index (χ1n) is 7.35. The van der Waals surface area contributed by atoms with Crippen molar-refractivity contribution in [1.82, 2.24) is 5.32 Å². The number of aryl methyl sites for hydroxylation is 2. The first-order valence-corrected chi connectivity index (χ1v) is 8.17. The molecule has 4 nitrogen and oxygen atoms in total. The molecule has 0 spiro atoms. The molecule has 22 heavy (non-hydrogen) atoms. The maximum atomic E-state index is 12.2. The van der Waals surface area contributed by atoms with Crippen LogP contribution in [0.25, 0.3) is 0 Å². The lowest BCUT2D eigenvalue weighted by Crippen LogP contribution is -2.22. The predicted molar refractivity (Wildman–Crippen MR) is 85.5 cm³/mol. The molecule has 1 aliphatic rings. The van der Waals surface area contributed by atoms with Crippen LogP contribution in [0.3, 0.4) is 0 Å². The second kappa shape index (κ2) is 6.32. The Morgan fingerprint density at radius 3 is 2.59 bits per heavy atom. The molecule has 2 N–H and O–H groups in total. The molecular formula is C17H17NO3S. The molecule has 0 aliphatic heterocycles. The molecule has 0 fully saturated rings. The van der Waals surface area contributed by atoms with Gasteiger partial charge in [0.25, 0.3) is 5.91 Å². The molecule has 1 amide bonds. The van der Waals surface area contributed by atoms with E-state index in [0.29, 0.717) is 12.1 Å². The number of nitrogens with one attached hydrogen (secondary N) is 1. The van der Waals surface area contributed by atoms with Crippen molar-refractivity contribution in [2.45, 2.75) is 32.2 Å². The minimum Gasteiger partial charge on any atom is -0.477 e. The van der Waals surface area contributed by atoms with Gasteiger partial charge in [-0.2, -0.15) is 0 Å². The van der Waals surface area contributed by atoms with Crippen molar-refractivity contribution in [3.05, 3.63) is 56.8 Å². The third-order valence-electron chi connectivity index (χ3n) is 3.91. The number of carbonyl (C=O) groups excluding carboxylic acids is 1. The van der Waals surface area contributed by atoms with E-state index >= 15 is 0 Å². The van der Waals surface area contributed by atoms with Gasteiger partial charge in [0.05, 0.1) is 6.54 Å². The van der Waals surface area contributed by atoms with Crippen molar-refractivity contribution < 1.29 is 14.7 Å². The summed E-state index contributed by atoms with van der Waals surface area (Å²) in [7, 11) is 0. The first-order chi connectivity index (χ1) is 10.6. The summed E-state index contributed by atoms with van der Waals surface area (Å²) in [6.07, 6.45) is 4.56. The van der Waals surface area contributed by atoms with Crippen LogP contribution < -0.4 is 5.32 Å². The summed E-state index contributed by atoms with van der Waals surface area (Å²) in [5.74, 6) is -1.05. The summed E-state index contributed by atoms with van der Waals surface area (Å²) in [4.78, 5) is 24.2. The van der Waals surface area contributed by atoms with E-state index in [1.165, 1.54) is 35.3 Å². The fraction of sp³-hybridized carbons (Fsp3) is 0.294. The highest BCUT2D eigenvalue weighted by molar-refractivity contribution is 7.13. The van der Waals surface area contributed by atoms with Gasteiger partial charge in [-0.25, -0.2) is 4.79 Å². The Morgan fingerprint density at radius 2 is 1.86 bits per heavy atom. The Bertz CT molecular complexity index is 720. The first kappa shape index (κ1) is 14.8. The van der Waals surface area contributed by atoms with Crippen molar-refractivity contribution in [3.8, 4) is 0 Å². The van der Waals surface area contributed by atoms with Crippen molar-refractivity contribution in [3.63, 3.8) is 0 Å². The Hall–Kier alpha value is -2.14. The molecule has 1 aromatic carbocycles. The second-order valence-corrected chi connectivity index (χ2v) is 6.61. The largest absolute Gasteiger partial charge is 0.477 e. The third-order valence-corrected chi connectivity index (χ3v) is 4.98. The molecule has 0 saturated carbocycles. The fourth-order valence-electron chi connectivity index (χ4n) is 2.73. The minimum absolute atomic E-state index is 0.112. The second-order valence-electron chi connectivity index (χ2n) is 5.44. The molecule has 1 aromatic heterocycles. The number of carbonyl (C=O) groups is 2. The third kappa shape index (κ3) is 3.20. The van der Waals surface area contributed by atoms with E-state index in [4.69, 9.17) is 5.11 Å². The average molecular weight is 315 g/mol. The monoisotopic (exact) mass is 315 g/mol. The molecule has 114 valence electrons. The molecule has 0 radical (unpaired) electrons. The summed E-state index contributed by atoms with van der Waals surface area (Å²) in [6, 6.07) is 9.21. The molecule has 5 heteroatoms. The molecular weight excluding hydrogens is 298 g/mol. The zero-order valence-electron chi connectivity index (χ0n) is 12.1. The van der Waals surface area contributed by atoms with Gasteiger partial charge < -0.3 is 10.4 Å². The van der Waals surface area contributed by atoms with Crippen LogP contribution in [0.5, 0.6) is 0 Å².